The molecule has 1 aliphatic heterocycles. The number of alkyl halides is 2. The zero-order chi connectivity index (χ0) is 33.7. The highest BCUT2D eigenvalue weighted by atomic mass is 32.2. The largest absolute Gasteiger partial charge is 0.489 e. The van der Waals surface area contributed by atoms with Gasteiger partial charge in [0.05, 0.1) is 12.7 Å². The molecule has 3 fully saturated rings. The molecule has 4 rings (SSSR count). The first-order valence-electron chi connectivity index (χ1n) is 16.9. The monoisotopic (exact) mass is 670 g/mol. The van der Waals surface area contributed by atoms with E-state index in [1.165, 1.54) is 4.31 Å². The number of nitrogens with zero attached hydrogens (tertiary/aromatic N) is 2. The van der Waals surface area contributed by atoms with Crippen LogP contribution in [0.1, 0.15) is 110 Å². The number of rotatable bonds is 13. The summed E-state index contributed by atoms with van der Waals surface area (Å²) >= 11 is 0. The molecule has 1 saturated heterocycles. The van der Waals surface area contributed by atoms with E-state index < -0.39 is 39.7 Å². The Bertz CT molecular complexity index is 1300. The summed E-state index contributed by atoms with van der Waals surface area (Å²) in [7, 11) is -4.01. The van der Waals surface area contributed by atoms with Crippen LogP contribution in [0, 0.1) is 12.8 Å². The minimum Gasteiger partial charge on any atom is -0.489 e. The molecule has 0 spiro atoms. The third-order valence-corrected chi connectivity index (χ3v) is 11.1. The summed E-state index contributed by atoms with van der Waals surface area (Å²) in [4.78, 5) is 27.4. The lowest BCUT2D eigenvalue weighted by Gasteiger charge is -2.39. The fourth-order valence-electron chi connectivity index (χ4n) is 6.54. The maximum absolute atomic E-state index is 13.8. The Morgan fingerprint density at radius 2 is 1.78 bits per heavy atom. The third kappa shape index (κ3) is 9.55. The van der Waals surface area contributed by atoms with Crippen molar-refractivity contribution in [2.24, 2.45) is 5.92 Å². The fraction of sp³-hybridized carbons (Fsp3) is 0.765. The zero-order valence-corrected chi connectivity index (χ0v) is 28.9. The van der Waals surface area contributed by atoms with Crippen LogP contribution in [0.2, 0.25) is 0 Å². The molecule has 0 unspecified atom stereocenters. The molecule has 0 radical (unpaired) electrons. The number of aryl methyl sites for hydroxylation is 1. The molecule has 1 atom stereocenters. The summed E-state index contributed by atoms with van der Waals surface area (Å²) in [5.74, 6) is -2.55. The molecule has 2 saturated carbocycles. The Morgan fingerprint density at radius 3 is 2.43 bits per heavy atom. The number of amides is 1. The molecule has 12 heteroatoms. The first-order valence-corrected chi connectivity index (χ1v) is 18.4. The highest BCUT2D eigenvalue weighted by Crippen LogP contribution is 2.39. The van der Waals surface area contributed by atoms with Gasteiger partial charge < -0.3 is 19.1 Å². The Hall–Kier alpha value is -2.47. The predicted octanol–water partition coefficient (Wildman–Crippen LogP) is 7.24. The zero-order valence-electron chi connectivity index (χ0n) is 28.1. The Morgan fingerprint density at radius 1 is 1.09 bits per heavy atom. The van der Waals surface area contributed by atoms with E-state index >= 15 is 0 Å². The van der Waals surface area contributed by atoms with Crippen molar-refractivity contribution in [3.63, 3.8) is 0 Å². The van der Waals surface area contributed by atoms with Crippen LogP contribution in [0.4, 0.5) is 13.6 Å². The maximum Gasteiger partial charge on any atom is 0.410 e. The normalized spacial score (nSPS) is 23.8. The molecule has 1 amide bonds. The van der Waals surface area contributed by atoms with E-state index in [0.29, 0.717) is 37.5 Å². The maximum atomic E-state index is 13.8. The van der Waals surface area contributed by atoms with Gasteiger partial charge in [-0.05, 0) is 109 Å². The highest BCUT2D eigenvalue weighted by Gasteiger charge is 2.43. The lowest BCUT2D eigenvalue weighted by Crippen LogP contribution is -2.47. The molecule has 1 aromatic rings. The van der Waals surface area contributed by atoms with Crippen molar-refractivity contribution in [3.8, 4) is 5.75 Å². The van der Waals surface area contributed by atoms with Crippen LogP contribution in [0.25, 0.3) is 0 Å². The van der Waals surface area contributed by atoms with E-state index in [9.17, 15) is 26.8 Å². The standard InChI is InChI=1S/C34H52F2N2O7S/c1-6-7-20-43-31(39)28-11-9-19-38(28)46(41,42)30-13-12-24(2)21-29(30)44-27-22-25(23-27)10-8-18-37(32(40)45-33(3,4)5)26-14-16-34(35,36)17-15-26/h12-13,21,25-28H,6-11,14-20,22-23H2,1-5H3/t25?,27?,28-/m0/s1. The van der Waals surface area contributed by atoms with E-state index in [-0.39, 0.29) is 55.9 Å². The second-order valence-corrected chi connectivity index (χ2v) is 16.1. The number of halogens is 2. The van der Waals surface area contributed by atoms with Gasteiger partial charge >= 0.3 is 12.1 Å². The van der Waals surface area contributed by atoms with Crippen molar-refractivity contribution < 1.29 is 41.0 Å². The summed E-state index contributed by atoms with van der Waals surface area (Å²) in [6.07, 6.45) is 5.08. The number of carbonyl (C=O) groups is 2. The van der Waals surface area contributed by atoms with Gasteiger partial charge in [-0.15, -0.1) is 0 Å². The van der Waals surface area contributed by atoms with E-state index in [2.05, 4.69) is 0 Å². The number of ether oxygens (including phenoxy) is 3. The first-order chi connectivity index (χ1) is 21.6. The first kappa shape index (κ1) is 36.4. The summed E-state index contributed by atoms with van der Waals surface area (Å²) < 4.78 is 73.8. The van der Waals surface area contributed by atoms with Crippen molar-refractivity contribution in [3.05, 3.63) is 23.8 Å². The summed E-state index contributed by atoms with van der Waals surface area (Å²) in [5, 5.41) is 0. The summed E-state index contributed by atoms with van der Waals surface area (Å²) in [5.41, 5.74) is 0.187. The Labute approximate surface area is 273 Å². The Balaban J connectivity index is 1.33. The molecular formula is C34H52F2N2O7S. The molecule has 46 heavy (non-hydrogen) atoms. The second-order valence-electron chi connectivity index (χ2n) is 14.2. The van der Waals surface area contributed by atoms with Gasteiger partial charge in [0.1, 0.15) is 22.3 Å². The smallest absolute Gasteiger partial charge is 0.410 e. The molecular weight excluding hydrogens is 618 g/mol. The predicted molar refractivity (Wildman–Crippen MR) is 170 cm³/mol. The molecule has 0 aromatic heterocycles. The average molecular weight is 671 g/mol. The van der Waals surface area contributed by atoms with Crippen LogP contribution in [0.5, 0.6) is 5.75 Å². The number of sulfonamides is 1. The Kier molecular flexibility index (Phi) is 12.0. The van der Waals surface area contributed by atoms with Gasteiger partial charge in [-0.25, -0.2) is 22.0 Å². The minimum atomic E-state index is -4.01. The van der Waals surface area contributed by atoms with Crippen molar-refractivity contribution in [2.75, 3.05) is 19.7 Å². The molecule has 1 heterocycles. The van der Waals surface area contributed by atoms with Crippen molar-refractivity contribution in [1.29, 1.82) is 0 Å². The number of hydrogen-bond donors (Lipinski definition) is 0. The highest BCUT2D eigenvalue weighted by molar-refractivity contribution is 7.89. The number of unbranched alkanes of at least 4 members (excludes halogenated alkanes) is 1. The van der Waals surface area contributed by atoms with Crippen molar-refractivity contribution >= 4 is 22.1 Å². The van der Waals surface area contributed by atoms with Gasteiger partial charge in [0, 0.05) is 32.0 Å². The quantitative estimate of drug-likeness (QED) is 0.161. The molecule has 260 valence electrons. The lowest BCUT2D eigenvalue weighted by atomic mass is 9.79. The third-order valence-electron chi connectivity index (χ3n) is 9.16. The summed E-state index contributed by atoms with van der Waals surface area (Å²) in [6.45, 7) is 10.2. The van der Waals surface area contributed by atoms with E-state index in [1.54, 1.807) is 43.9 Å². The molecule has 2 aliphatic carbocycles. The number of hydrogen-bond acceptors (Lipinski definition) is 7. The van der Waals surface area contributed by atoms with E-state index in [4.69, 9.17) is 14.2 Å². The van der Waals surface area contributed by atoms with E-state index in [1.807, 2.05) is 13.8 Å². The number of benzene rings is 1. The van der Waals surface area contributed by atoms with Crippen LogP contribution >= 0.6 is 0 Å². The summed E-state index contributed by atoms with van der Waals surface area (Å²) in [6, 6.07) is 3.92. The molecule has 1 aromatic carbocycles. The topological polar surface area (TPSA) is 102 Å². The molecule has 0 N–H and O–H groups in total. The molecule has 3 aliphatic rings. The van der Waals surface area contributed by atoms with Crippen LogP contribution in [0.15, 0.2) is 23.1 Å². The average Bonchev–Trinajstić information content (AvgIpc) is 3.44. The van der Waals surface area contributed by atoms with E-state index in [0.717, 1.165) is 37.7 Å². The SMILES string of the molecule is CCCCOC(=O)[C@@H]1CCCN1S(=O)(=O)c1ccc(C)cc1OC1CC(CCCN(C(=O)OC(C)(C)C)C2CCC(F)(F)CC2)C1. The van der Waals surface area contributed by atoms with Crippen LogP contribution < -0.4 is 4.74 Å². The van der Waals surface area contributed by atoms with Crippen LogP contribution in [-0.2, 0) is 24.3 Å². The van der Waals surface area contributed by atoms with Gasteiger partial charge in [-0.1, -0.05) is 19.4 Å². The number of carbonyl (C=O) groups excluding carboxylic acids is 2. The minimum absolute atomic E-state index is 0.0564. The van der Waals surface area contributed by atoms with Gasteiger partial charge in [0.15, 0.2) is 0 Å². The molecule has 9 nitrogen and oxygen atoms in total. The van der Waals surface area contributed by atoms with Crippen LogP contribution in [-0.4, -0.2) is 79.1 Å². The molecule has 0 bridgehead atoms. The van der Waals surface area contributed by atoms with Gasteiger partial charge in [-0.3, -0.25) is 4.79 Å². The van der Waals surface area contributed by atoms with Gasteiger partial charge in [-0.2, -0.15) is 4.31 Å². The van der Waals surface area contributed by atoms with Gasteiger partial charge in [0.25, 0.3) is 0 Å². The van der Waals surface area contributed by atoms with Crippen molar-refractivity contribution in [1.82, 2.24) is 9.21 Å². The van der Waals surface area contributed by atoms with Crippen LogP contribution in [0.3, 0.4) is 0 Å². The fourth-order valence-corrected chi connectivity index (χ4v) is 8.29. The van der Waals surface area contributed by atoms with Gasteiger partial charge in [0.2, 0.25) is 15.9 Å². The number of esters is 1. The van der Waals surface area contributed by atoms with Crippen molar-refractivity contribution in [2.45, 2.75) is 146 Å². The second kappa shape index (κ2) is 15.2. The lowest BCUT2D eigenvalue weighted by molar-refractivity contribution is -0.147.